The minimum absolute atomic E-state index is 0.240. The van der Waals surface area contributed by atoms with E-state index in [-0.39, 0.29) is 24.3 Å². The number of nitrogens with one attached hydrogen (secondary N) is 2. The van der Waals surface area contributed by atoms with Crippen molar-refractivity contribution in [3.05, 3.63) is 29.8 Å². The molecule has 0 spiro atoms. The number of nitriles is 1. The molecule has 7 heteroatoms. The van der Waals surface area contributed by atoms with Gasteiger partial charge < -0.3 is 16.4 Å². The van der Waals surface area contributed by atoms with Crippen LogP contribution in [0.2, 0.25) is 0 Å². The molecule has 0 unspecified atom stereocenters. The van der Waals surface area contributed by atoms with Crippen molar-refractivity contribution in [2.45, 2.75) is 32.2 Å². The SMILES string of the molecule is CC(=O)Nc1ccccc1C(=O)N[C@@H](CCCC#N)C(N)=O. The van der Waals surface area contributed by atoms with Crippen LogP contribution in [-0.2, 0) is 9.59 Å². The van der Waals surface area contributed by atoms with E-state index < -0.39 is 17.9 Å². The number of anilines is 1. The number of unbranched alkanes of at least 4 members (excludes halogenated alkanes) is 1. The van der Waals surface area contributed by atoms with E-state index in [2.05, 4.69) is 10.6 Å². The van der Waals surface area contributed by atoms with Crippen molar-refractivity contribution in [3.8, 4) is 6.07 Å². The van der Waals surface area contributed by atoms with Gasteiger partial charge in [-0.3, -0.25) is 14.4 Å². The molecule has 1 atom stereocenters. The van der Waals surface area contributed by atoms with Crippen LogP contribution in [0.15, 0.2) is 24.3 Å². The molecule has 0 radical (unpaired) electrons. The van der Waals surface area contributed by atoms with Crippen LogP contribution in [0.1, 0.15) is 36.5 Å². The first kappa shape index (κ1) is 17.2. The Kier molecular flexibility index (Phi) is 6.57. The summed E-state index contributed by atoms with van der Waals surface area (Å²) in [6.07, 6.45) is 1.02. The zero-order valence-corrected chi connectivity index (χ0v) is 12.3. The van der Waals surface area contributed by atoms with E-state index in [4.69, 9.17) is 11.0 Å². The van der Waals surface area contributed by atoms with Gasteiger partial charge in [-0.15, -0.1) is 0 Å². The molecule has 0 saturated carbocycles. The fourth-order valence-electron chi connectivity index (χ4n) is 1.89. The molecule has 3 amide bonds. The van der Waals surface area contributed by atoms with Crippen molar-refractivity contribution in [2.24, 2.45) is 5.73 Å². The molecule has 0 saturated heterocycles. The maximum atomic E-state index is 12.3. The minimum Gasteiger partial charge on any atom is -0.368 e. The van der Waals surface area contributed by atoms with E-state index in [9.17, 15) is 14.4 Å². The second-order valence-electron chi connectivity index (χ2n) is 4.71. The Morgan fingerprint density at radius 2 is 2.00 bits per heavy atom. The number of hydrogen-bond donors (Lipinski definition) is 3. The van der Waals surface area contributed by atoms with E-state index in [0.717, 1.165) is 0 Å². The summed E-state index contributed by atoms with van der Waals surface area (Å²) in [5.41, 5.74) is 5.85. The lowest BCUT2D eigenvalue weighted by molar-refractivity contribution is -0.120. The number of amides is 3. The average molecular weight is 302 g/mol. The molecule has 0 fully saturated rings. The van der Waals surface area contributed by atoms with Crippen LogP contribution >= 0.6 is 0 Å². The van der Waals surface area contributed by atoms with Crippen molar-refractivity contribution in [1.82, 2.24) is 5.32 Å². The highest BCUT2D eigenvalue weighted by Gasteiger charge is 2.20. The number of nitrogens with two attached hydrogens (primary N) is 1. The number of nitrogens with zero attached hydrogens (tertiary/aromatic N) is 1. The van der Waals surface area contributed by atoms with Gasteiger partial charge in [0, 0.05) is 13.3 Å². The third-order valence-corrected chi connectivity index (χ3v) is 2.91. The monoisotopic (exact) mass is 302 g/mol. The summed E-state index contributed by atoms with van der Waals surface area (Å²) in [7, 11) is 0. The van der Waals surface area contributed by atoms with Crippen LogP contribution in [-0.4, -0.2) is 23.8 Å². The molecule has 7 nitrogen and oxygen atoms in total. The lowest BCUT2D eigenvalue weighted by Gasteiger charge is -2.16. The zero-order valence-electron chi connectivity index (χ0n) is 12.3. The second-order valence-corrected chi connectivity index (χ2v) is 4.71. The smallest absolute Gasteiger partial charge is 0.254 e. The first-order chi connectivity index (χ1) is 10.5. The molecule has 1 aromatic carbocycles. The summed E-state index contributed by atoms with van der Waals surface area (Å²) in [6, 6.07) is 7.56. The van der Waals surface area contributed by atoms with Crippen LogP contribution in [0.3, 0.4) is 0 Å². The fraction of sp³-hybridized carbons (Fsp3) is 0.333. The van der Waals surface area contributed by atoms with Crippen molar-refractivity contribution in [2.75, 3.05) is 5.32 Å². The highest BCUT2D eigenvalue weighted by atomic mass is 16.2. The lowest BCUT2D eigenvalue weighted by atomic mass is 10.1. The number of hydrogen-bond acceptors (Lipinski definition) is 4. The van der Waals surface area contributed by atoms with Crippen LogP contribution in [0, 0.1) is 11.3 Å². The number of carbonyl (C=O) groups excluding carboxylic acids is 3. The van der Waals surface area contributed by atoms with Gasteiger partial charge in [0.1, 0.15) is 6.04 Å². The lowest BCUT2D eigenvalue weighted by Crippen LogP contribution is -2.44. The van der Waals surface area contributed by atoms with E-state index >= 15 is 0 Å². The van der Waals surface area contributed by atoms with Crippen molar-refractivity contribution in [1.29, 1.82) is 5.26 Å². The quantitative estimate of drug-likeness (QED) is 0.647. The number of benzene rings is 1. The van der Waals surface area contributed by atoms with E-state index in [0.29, 0.717) is 12.1 Å². The fourth-order valence-corrected chi connectivity index (χ4v) is 1.89. The molecule has 116 valence electrons. The van der Waals surface area contributed by atoms with Gasteiger partial charge in [0.2, 0.25) is 11.8 Å². The number of para-hydroxylation sites is 1. The standard InChI is InChI=1S/C15H18N4O3/c1-10(20)18-12-7-3-2-6-11(12)15(22)19-13(14(17)21)8-4-5-9-16/h2-3,6-7,13H,4-5,8H2,1H3,(H2,17,21)(H,18,20)(H,19,22)/t13-/m0/s1. The van der Waals surface area contributed by atoms with Crippen LogP contribution in [0.4, 0.5) is 5.69 Å². The molecule has 1 aromatic rings. The Morgan fingerprint density at radius 1 is 1.32 bits per heavy atom. The molecule has 0 aromatic heterocycles. The first-order valence-corrected chi connectivity index (χ1v) is 6.79. The number of primary amides is 1. The van der Waals surface area contributed by atoms with Crippen molar-refractivity contribution < 1.29 is 14.4 Å². The summed E-state index contributed by atoms with van der Waals surface area (Å²) in [5.74, 6) is -1.48. The van der Waals surface area contributed by atoms with Gasteiger partial charge in [-0.05, 0) is 25.0 Å². The Balaban J connectivity index is 2.84. The molecular weight excluding hydrogens is 284 g/mol. The maximum Gasteiger partial charge on any atom is 0.254 e. The van der Waals surface area contributed by atoms with Crippen LogP contribution in [0.25, 0.3) is 0 Å². The summed E-state index contributed by atoms with van der Waals surface area (Å²) in [4.78, 5) is 34.8. The zero-order chi connectivity index (χ0) is 16.5. The van der Waals surface area contributed by atoms with Gasteiger partial charge in [-0.1, -0.05) is 12.1 Å². The van der Waals surface area contributed by atoms with Gasteiger partial charge >= 0.3 is 0 Å². The average Bonchev–Trinajstić information content (AvgIpc) is 2.46. The molecule has 0 aliphatic rings. The summed E-state index contributed by atoms with van der Waals surface area (Å²) in [5, 5.41) is 13.6. The molecule has 0 aliphatic carbocycles. The van der Waals surface area contributed by atoms with E-state index in [1.54, 1.807) is 18.2 Å². The van der Waals surface area contributed by atoms with Gasteiger partial charge in [-0.25, -0.2) is 0 Å². The Hall–Kier alpha value is -2.88. The third-order valence-electron chi connectivity index (χ3n) is 2.91. The first-order valence-electron chi connectivity index (χ1n) is 6.79. The van der Waals surface area contributed by atoms with Gasteiger partial charge in [0.15, 0.2) is 0 Å². The highest BCUT2D eigenvalue weighted by molar-refractivity contribution is 6.04. The molecular formula is C15H18N4O3. The highest BCUT2D eigenvalue weighted by Crippen LogP contribution is 2.15. The number of carbonyl (C=O) groups is 3. The minimum atomic E-state index is -0.855. The predicted molar refractivity (Wildman–Crippen MR) is 80.7 cm³/mol. The topological polar surface area (TPSA) is 125 Å². The Labute approximate surface area is 128 Å². The Bertz CT molecular complexity index is 607. The summed E-state index contributed by atoms with van der Waals surface area (Å²) >= 11 is 0. The van der Waals surface area contributed by atoms with Crippen LogP contribution < -0.4 is 16.4 Å². The van der Waals surface area contributed by atoms with Crippen LogP contribution in [0.5, 0.6) is 0 Å². The van der Waals surface area contributed by atoms with Gasteiger partial charge in [0.05, 0.1) is 17.3 Å². The molecule has 4 N–H and O–H groups in total. The van der Waals surface area contributed by atoms with E-state index in [1.807, 2.05) is 6.07 Å². The molecule has 0 bridgehead atoms. The van der Waals surface area contributed by atoms with Crippen molar-refractivity contribution in [3.63, 3.8) is 0 Å². The molecule has 1 rings (SSSR count). The third kappa shape index (κ3) is 5.25. The predicted octanol–water partition coefficient (Wildman–Crippen LogP) is 0.923. The largest absolute Gasteiger partial charge is 0.368 e. The van der Waals surface area contributed by atoms with Gasteiger partial charge in [0.25, 0.3) is 5.91 Å². The molecule has 0 aliphatic heterocycles. The molecule has 22 heavy (non-hydrogen) atoms. The number of rotatable bonds is 7. The van der Waals surface area contributed by atoms with Crippen molar-refractivity contribution >= 4 is 23.4 Å². The second kappa shape index (κ2) is 8.42. The summed E-state index contributed by atoms with van der Waals surface area (Å²) < 4.78 is 0. The maximum absolute atomic E-state index is 12.3. The molecule has 0 heterocycles. The Morgan fingerprint density at radius 3 is 2.59 bits per heavy atom. The normalized spacial score (nSPS) is 11.1. The summed E-state index contributed by atoms with van der Waals surface area (Å²) in [6.45, 7) is 1.34. The van der Waals surface area contributed by atoms with E-state index in [1.165, 1.54) is 13.0 Å². The van der Waals surface area contributed by atoms with Gasteiger partial charge in [-0.2, -0.15) is 5.26 Å².